The lowest BCUT2D eigenvalue weighted by atomic mass is 10.1. The zero-order valence-electron chi connectivity index (χ0n) is 7.61. The van der Waals surface area contributed by atoms with E-state index in [-0.39, 0.29) is 24.5 Å². The van der Waals surface area contributed by atoms with Crippen LogP contribution in [0.5, 0.6) is 0 Å². The Morgan fingerprint density at radius 3 is 2.33 bits per heavy atom. The van der Waals surface area contributed by atoms with Crippen molar-refractivity contribution in [3.05, 3.63) is 0 Å². The van der Waals surface area contributed by atoms with Crippen LogP contribution in [0.15, 0.2) is 0 Å². The van der Waals surface area contributed by atoms with Crippen molar-refractivity contribution in [3.8, 4) is 0 Å². The van der Waals surface area contributed by atoms with Gasteiger partial charge in [0.15, 0.2) is 5.79 Å². The lowest BCUT2D eigenvalue weighted by Crippen LogP contribution is -2.35. The first kappa shape index (κ1) is 8.44. The van der Waals surface area contributed by atoms with Crippen LogP contribution in [0.1, 0.15) is 20.8 Å². The highest BCUT2D eigenvalue weighted by Crippen LogP contribution is 2.36. The van der Waals surface area contributed by atoms with Gasteiger partial charge in [-0.2, -0.15) is 0 Å². The topological polar surface area (TPSA) is 53.7 Å². The first-order valence-electron chi connectivity index (χ1n) is 4.26. The molecular weight excluding hydrogens is 158 g/mol. The Balaban J connectivity index is 2.15. The molecule has 0 saturated carbocycles. The van der Waals surface area contributed by atoms with Gasteiger partial charge in [-0.25, -0.2) is 0 Å². The number of ether oxygens (including phenoxy) is 3. The minimum Gasteiger partial charge on any atom is -0.355 e. The van der Waals surface area contributed by atoms with E-state index < -0.39 is 5.79 Å². The zero-order chi connectivity index (χ0) is 8.93. The monoisotopic (exact) mass is 173 g/mol. The molecule has 2 saturated heterocycles. The standard InChI is InChI=1S/C8H15NO3/c1-4-5-6(7(9)10-4)12-8(2,3)11-5/h4-7H,9H2,1-3H3/t4-,5-,6-,7?/m1/s1. The van der Waals surface area contributed by atoms with Gasteiger partial charge in [-0.15, -0.1) is 0 Å². The molecule has 2 heterocycles. The van der Waals surface area contributed by atoms with Crippen molar-refractivity contribution in [3.63, 3.8) is 0 Å². The molecule has 4 atom stereocenters. The van der Waals surface area contributed by atoms with E-state index in [1.54, 1.807) is 0 Å². The van der Waals surface area contributed by atoms with Gasteiger partial charge in [-0.05, 0) is 20.8 Å². The fourth-order valence-corrected chi connectivity index (χ4v) is 1.84. The van der Waals surface area contributed by atoms with E-state index in [1.165, 1.54) is 0 Å². The minimum atomic E-state index is -0.509. The smallest absolute Gasteiger partial charge is 0.164 e. The van der Waals surface area contributed by atoms with E-state index in [0.29, 0.717) is 0 Å². The van der Waals surface area contributed by atoms with Crippen molar-refractivity contribution >= 4 is 0 Å². The van der Waals surface area contributed by atoms with Gasteiger partial charge >= 0.3 is 0 Å². The van der Waals surface area contributed by atoms with Gasteiger partial charge in [0.2, 0.25) is 0 Å². The Labute approximate surface area is 72.0 Å². The Morgan fingerprint density at radius 1 is 1.17 bits per heavy atom. The lowest BCUT2D eigenvalue weighted by Gasteiger charge is -2.21. The van der Waals surface area contributed by atoms with Crippen LogP contribution in [-0.2, 0) is 14.2 Å². The number of nitrogens with two attached hydrogens (primary N) is 1. The highest BCUT2D eigenvalue weighted by atomic mass is 16.8. The molecule has 2 rings (SSSR count). The largest absolute Gasteiger partial charge is 0.355 e. The van der Waals surface area contributed by atoms with Gasteiger partial charge in [-0.1, -0.05) is 0 Å². The molecule has 0 aromatic carbocycles. The van der Waals surface area contributed by atoms with E-state index in [0.717, 1.165) is 0 Å². The van der Waals surface area contributed by atoms with Crippen LogP contribution in [0.2, 0.25) is 0 Å². The highest BCUT2D eigenvalue weighted by molar-refractivity contribution is 4.94. The maximum Gasteiger partial charge on any atom is 0.164 e. The quantitative estimate of drug-likeness (QED) is 0.569. The van der Waals surface area contributed by atoms with Crippen LogP contribution in [0.3, 0.4) is 0 Å². The Bertz CT molecular complexity index is 177. The summed E-state index contributed by atoms with van der Waals surface area (Å²) in [5.41, 5.74) is 5.70. The molecule has 2 fully saturated rings. The van der Waals surface area contributed by atoms with Crippen LogP contribution in [0, 0.1) is 0 Å². The number of hydrogen-bond acceptors (Lipinski definition) is 4. The summed E-state index contributed by atoms with van der Waals surface area (Å²) in [6.45, 7) is 5.74. The summed E-state index contributed by atoms with van der Waals surface area (Å²) in [7, 11) is 0. The first-order valence-corrected chi connectivity index (χ1v) is 4.26. The average Bonchev–Trinajstić information content (AvgIpc) is 2.34. The summed E-state index contributed by atoms with van der Waals surface area (Å²) >= 11 is 0. The molecule has 0 amide bonds. The summed E-state index contributed by atoms with van der Waals surface area (Å²) < 4.78 is 16.6. The Morgan fingerprint density at radius 2 is 1.75 bits per heavy atom. The normalized spacial score (nSPS) is 51.0. The molecule has 2 aliphatic rings. The van der Waals surface area contributed by atoms with Gasteiger partial charge in [0.1, 0.15) is 18.4 Å². The summed E-state index contributed by atoms with van der Waals surface area (Å²) in [6, 6.07) is 0. The highest BCUT2D eigenvalue weighted by Gasteiger charge is 2.52. The second kappa shape index (κ2) is 2.42. The number of hydrogen-bond donors (Lipinski definition) is 1. The van der Waals surface area contributed by atoms with Crippen LogP contribution in [0.25, 0.3) is 0 Å². The Kier molecular flexibility index (Phi) is 1.70. The van der Waals surface area contributed by atoms with Gasteiger partial charge < -0.3 is 19.9 Å². The molecule has 0 bridgehead atoms. The van der Waals surface area contributed by atoms with Crippen molar-refractivity contribution in [1.82, 2.24) is 0 Å². The van der Waals surface area contributed by atoms with Crippen molar-refractivity contribution < 1.29 is 14.2 Å². The third-order valence-electron chi connectivity index (χ3n) is 2.32. The van der Waals surface area contributed by atoms with Crippen LogP contribution in [-0.4, -0.2) is 30.3 Å². The lowest BCUT2D eigenvalue weighted by molar-refractivity contribution is -0.184. The Hall–Kier alpha value is -0.160. The molecule has 12 heavy (non-hydrogen) atoms. The predicted molar refractivity (Wildman–Crippen MR) is 42.3 cm³/mol. The third kappa shape index (κ3) is 1.15. The van der Waals surface area contributed by atoms with E-state index in [1.807, 2.05) is 20.8 Å². The molecule has 0 aliphatic carbocycles. The van der Waals surface area contributed by atoms with Crippen LogP contribution in [0.4, 0.5) is 0 Å². The molecule has 2 aliphatic heterocycles. The summed E-state index contributed by atoms with van der Waals surface area (Å²) in [5, 5.41) is 0. The van der Waals surface area contributed by atoms with Crippen molar-refractivity contribution in [2.75, 3.05) is 0 Å². The van der Waals surface area contributed by atoms with Gasteiger partial charge in [0.05, 0.1) is 6.10 Å². The van der Waals surface area contributed by atoms with E-state index in [2.05, 4.69) is 0 Å². The van der Waals surface area contributed by atoms with E-state index >= 15 is 0 Å². The zero-order valence-corrected chi connectivity index (χ0v) is 7.61. The minimum absolute atomic E-state index is 0.00463. The molecule has 0 aromatic rings. The molecule has 4 nitrogen and oxygen atoms in total. The van der Waals surface area contributed by atoms with Crippen LogP contribution >= 0.6 is 0 Å². The van der Waals surface area contributed by atoms with E-state index in [9.17, 15) is 0 Å². The maximum atomic E-state index is 5.70. The number of fused-ring (bicyclic) bond motifs is 1. The molecule has 0 spiro atoms. The van der Waals surface area contributed by atoms with Crippen LogP contribution < -0.4 is 5.73 Å². The van der Waals surface area contributed by atoms with Gasteiger partial charge in [0.25, 0.3) is 0 Å². The first-order chi connectivity index (χ1) is 5.49. The molecule has 4 heteroatoms. The average molecular weight is 173 g/mol. The molecule has 70 valence electrons. The van der Waals surface area contributed by atoms with Crippen molar-refractivity contribution in [2.45, 2.75) is 51.1 Å². The molecule has 1 unspecified atom stereocenters. The van der Waals surface area contributed by atoms with Gasteiger partial charge in [-0.3, -0.25) is 0 Å². The molecular formula is C8H15NO3. The SMILES string of the molecule is C[C@H]1OC(N)[C@@H]2OC(C)(C)O[C@H]12. The van der Waals surface area contributed by atoms with Gasteiger partial charge in [0, 0.05) is 0 Å². The van der Waals surface area contributed by atoms with E-state index in [4.69, 9.17) is 19.9 Å². The molecule has 0 aromatic heterocycles. The molecule has 2 N–H and O–H groups in total. The third-order valence-corrected chi connectivity index (χ3v) is 2.32. The second-order valence-electron chi connectivity index (χ2n) is 3.87. The predicted octanol–water partition coefficient (Wildman–Crippen LogP) is 0.210. The summed E-state index contributed by atoms with van der Waals surface area (Å²) in [5.74, 6) is -0.509. The summed E-state index contributed by atoms with van der Waals surface area (Å²) in [6.07, 6.45) is -0.413. The number of rotatable bonds is 0. The molecule has 0 radical (unpaired) electrons. The summed E-state index contributed by atoms with van der Waals surface area (Å²) in [4.78, 5) is 0. The second-order valence-corrected chi connectivity index (χ2v) is 3.87. The fourth-order valence-electron chi connectivity index (χ4n) is 1.84. The van der Waals surface area contributed by atoms with Crippen molar-refractivity contribution in [1.29, 1.82) is 0 Å². The fraction of sp³-hybridized carbons (Fsp3) is 1.00. The maximum absolute atomic E-state index is 5.70. The van der Waals surface area contributed by atoms with Crippen molar-refractivity contribution in [2.24, 2.45) is 5.73 Å².